The lowest BCUT2D eigenvalue weighted by Crippen LogP contribution is -2.09. The zero-order valence-corrected chi connectivity index (χ0v) is 13.4. The van der Waals surface area contributed by atoms with Gasteiger partial charge in [-0.05, 0) is 11.1 Å². The van der Waals surface area contributed by atoms with Crippen molar-refractivity contribution < 1.29 is 19.4 Å². The lowest BCUT2D eigenvalue weighted by Gasteiger charge is -2.07. The monoisotopic (exact) mass is 324 g/mol. The molecule has 0 atom stereocenters. The Kier molecular flexibility index (Phi) is 8.32. The maximum Gasteiger partial charge on any atom is 0.334 e. The smallest absolute Gasteiger partial charge is 0.334 e. The van der Waals surface area contributed by atoms with Crippen LogP contribution in [0.4, 0.5) is 0 Å². The molecule has 0 aromatic heterocycles. The van der Waals surface area contributed by atoms with Crippen LogP contribution in [-0.4, -0.2) is 17.0 Å². The topological polar surface area (TPSA) is 63.6 Å². The fourth-order valence-electron chi connectivity index (χ4n) is 1.74. The van der Waals surface area contributed by atoms with Crippen LogP contribution in [0.3, 0.4) is 0 Å². The lowest BCUT2D eigenvalue weighted by atomic mass is 10.1. The van der Waals surface area contributed by atoms with E-state index in [1.165, 1.54) is 0 Å². The number of carboxylic acids is 1. The molecule has 4 nitrogen and oxygen atoms in total. The van der Waals surface area contributed by atoms with Gasteiger partial charge in [0.1, 0.15) is 6.61 Å². The summed E-state index contributed by atoms with van der Waals surface area (Å²) in [6.07, 6.45) is 1.36. The van der Waals surface area contributed by atoms with E-state index < -0.39 is 5.97 Å². The van der Waals surface area contributed by atoms with Crippen LogP contribution in [0.5, 0.6) is 0 Å². The van der Waals surface area contributed by atoms with E-state index in [1.807, 2.05) is 60.7 Å². The first kappa shape index (κ1) is 18.9. The van der Waals surface area contributed by atoms with Crippen molar-refractivity contribution in [2.45, 2.75) is 13.0 Å². The predicted octanol–water partition coefficient (Wildman–Crippen LogP) is 3.79. The van der Waals surface area contributed by atoms with Crippen LogP contribution in [0, 0.1) is 0 Å². The molecule has 0 unspecified atom stereocenters. The van der Waals surface area contributed by atoms with Gasteiger partial charge in [-0.15, -0.1) is 0 Å². The first-order chi connectivity index (χ1) is 11.5. The SMILES string of the molecule is C=C(Cc1ccccc1)C(=O)OCc1ccccc1.C=CC(=O)O. The van der Waals surface area contributed by atoms with Crippen molar-refractivity contribution in [2.75, 3.05) is 0 Å². The summed E-state index contributed by atoms with van der Waals surface area (Å²) in [6, 6.07) is 19.4. The van der Waals surface area contributed by atoms with E-state index in [0.29, 0.717) is 12.0 Å². The normalized spacial score (nSPS) is 9.17. The van der Waals surface area contributed by atoms with Gasteiger partial charge in [-0.25, -0.2) is 9.59 Å². The highest BCUT2D eigenvalue weighted by Gasteiger charge is 2.09. The van der Waals surface area contributed by atoms with Crippen LogP contribution in [0.1, 0.15) is 11.1 Å². The molecule has 2 aromatic carbocycles. The molecule has 0 spiro atoms. The molecule has 0 saturated carbocycles. The number of carboxylic acid groups (broad SMARTS) is 1. The summed E-state index contributed by atoms with van der Waals surface area (Å²) in [5.74, 6) is -1.32. The minimum atomic E-state index is -0.981. The molecular formula is C20H20O4. The first-order valence-corrected chi connectivity index (χ1v) is 7.31. The average Bonchev–Trinajstić information content (AvgIpc) is 2.61. The van der Waals surface area contributed by atoms with Gasteiger partial charge < -0.3 is 9.84 Å². The molecule has 2 rings (SSSR count). The molecule has 0 aliphatic rings. The molecule has 0 saturated heterocycles. The van der Waals surface area contributed by atoms with Crippen LogP contribution < -0.4 is 0 Å². The number of hydrogen-bond donors (Lipinski definition) is 1. The third kappa shape index (κ3) is 7.75. The highest BCUT2D eigenvalue weighted by atomic mass is 16.5. The quantitative estimate of drug-likeness (QED) is 0.649. The van der Waals surface area contributed by atoms with Gasteiger partial charge in [-0.3, -0.25) is 0 Å². The molecule has 2 aromatic rings. The maximum absolute atomic E-state index is 11.8. The Labute approximate surface area is 141 Å². The molecule has 0 amide bonds. The second-order valence-electron chi connectivity index (χ2n) is 4.87. The van der Waals surface area contributed by atoms with Crippen molar-refractivity contribution in [1.29, 1.82) is 0 Å². The van der Waals surface area contributed by atoms with Gasteiger partial charge in [0.2, 0.25) is 0 Å². The zero-order chi connectivity index (χ0) is 17.8. The van der Waals surface area contributed by atoms with Crippen LogP contribution in [0.25, 0.3) is 0 Å². The van der Waals surface area contributed by atoms with Crippen molar-refractivity contribution >= 4 is 11.9 Å². The van der Waals surface area contributed by atoms with E-state index in [1.54, 1.807) is 0 Å². The van der Waals surface area contributed by atoms with Crippen molar-refractivity contribution in [3.8, 4) is 0 Å². The number of benzene rings is 2. The summed E-state index contributed by atoms with van der Waals surface area (Å²) >= 11 is 0. The molecule has 0 aliphatic heterocycles. The Balaban J connectivity index is 0.000000505. The second-order valence-corrected chi connectivity index (χ2v) is 4.87. The van der Waals surface area contributed by atoms with Gasteiger partial charge in [-0.1, -0.05) is 73.8 Å². The number of carbonyl (C=O) groups excluding carboxylic acids is 1. The fourth-order valence-corrected chi connectivity index (χ4v) is 1.74. The molecule has 124 valence electrons. The number of hydrogen-bond acceptors (Lipinski definition) is 3. The average molecular weight is 324 g/mol. The summed E-state index contributed by atoms with van der Waals surface area (Å²) in [5.41, 5.74) is 2.51. The number of rotatable bonds is 6. The van der Waals surface area contributed by atoms with Crippen LogP contribution in [0.2, 0.25) is 0 Å². The summed E-state index contributed by atoms with van der Waals surface area (Å²) in [4.78, 5) is 21.0. The van der Waals surface area contributed by atoms with Gasteiger partial charge in [-0.2, -0.15) is 0 Å². The van der Waals surface area contributed by atoms with Crippen LogP contribution in [0.15, 0.2) is 85.5 Å². The molecule has 0 aliphatic carbocycles. The Morgan fingerprint density at radius 1 is 0.958 bits per heavy atom. The van der Waals surface area contributed by atoms with Crippen molar-refractivity contribution in [1.82, 2.24) is 0 Å². The van der Waals surface area contributed by atoms with Crippen LogP contribution >= 0.6 is 0 Å². The van der Waals surface area contributed by atoms with E-state index in [4.69, 9.17) is 9.84 Å². The van der Waals surface area contributed by atoms with E-state index in [-0.39, 0.29) is 12.6 Å². The van der Waals surface area contributed by atoms with Gasteiger partial charge >= 0.3 is 11.9 Å². The second kappa shape index (κ2) is 10.6. The van der Waals surface area contributed by atoms with E-state index in [0.717, 1.165) is 17.2 Å². The molecule has 1 N–H and O–H groups in total. The van der Waals surface area contributed by atoms with Gasteiger partial charge in [0.25, 0.3) is 0 Å². The van der Waals surface area contributed by atoms with Gasteiger partial charge in [0.05, 0.1) is 0 Å². The first-order valence-electron chi connectivity index (χ1n) is 7.31. The summed E-state index contributed by atoms with van der Waals surface area (Å²) in [7, 11) is 0. The largest absolute Gasteiger partial charge is 0.478 e. The van der Waals surface area contributed by atoms with Crippen molar-refractivity contribution in [2.24, 2.45) is 0 Å². The Morgan fingerprint density at radius 3 is 1.88 bits per heavy atom. The standard InChI is InChI=1S/C17H16O2.C3H4O2/c1-14(12-15-8-4-2-5-9-15)17(18)19-13-16-10-6-3-7-11-16;1-2-3(4)5/h2-11H,1,12-13H2;2H,1H2,(H,4,5). The Morgan fingerprint density at radius 2 is 1.42 bits per heavy atom. The zero-order valence-electron chi connectivity index (χ0n) is 13.4. The molecule has 24 heavy (non-hydrogen) atoms. The summed E-state index contributed by atoms with van der Waals surface area (Å²) in [6.45, 7) is 7.03. The van der Waals surface area contributed by atoms with Gasteiger partial charge in [0, 0.05) is 18.1 Å². The molecule has 0 heterocycles. The maximum atomic E-state index is 11.8. The van der Waals surface area contributed by atoms with Crippen LogP contribution in [-0.2, 0) is 27.4 Å². The fraction of sp³-hybridized carbons (Fsp3) is 0.100. The molecule has 0 radical (unpaired) electrons. The minimum absolute atomic E-state index is 0.285. The lowest BCUT2D eigenvalue weighted by molar-refractivity contribution is -0.140. The van der Waals surface area contributed by atoms with E-state index in [9.17, 15) is 9.59 Å². The number of carbonyl (C=O) groups is 2. The molecule has 4 heteroatoms. The Hall–Kier alpha value is -3.14. The number of aliphatic carboxylic acids is 1. The van der Waals surface area contributed by atoms with Gasteiger partial charge in [0.15, 0.2) is 0 Å². The van der Waals surface area contributed by atoms with Crippen molar-refractivity contribution in [3.05, 3.63) is 96.6 Å². The molecule has 0 fully saturated rings. The van der Waals surface area contributed by atoms with Crippen molar-refractivity contribution in [3.63, 3.8) is 0 Å². The number of esters is 1. The third-order valence-corrected chi connectivity index (χ3v) is 2.94. The minimum Gasteiger partial charge on any atom is -0.478 e. The highest BCUT2D eigenvalue weighted by molar-refractivity contribution is 5.88. The Bertz CT molecular complexity index is 675. The summed E-state index contributed by atoms with van der Waals surface area (Å²) < 4.78 is 5.22. The molecular weight excluding hydrogens is 304 g/mol. The predicted molar refractivity (Wildman–Crippen MR) is 93.4 cm³/mol. The molecule has 0 bridgehead atoms. The summed E-state index contributed by atoms with van der Waals surface area (Å²) in [5, 5.41) is 7.60. The van der Waals surface area contributed by atoms with E-state index in [2.05, 4.69) is 13.2 Å². The third-order valence-electron chi connectivity index (χ3n) is 2.94. The number of ether oxygens (including phenoxy) is 1. The highest BCUT2D eigenvalue weighted by Crippen LogP contribution is 2.09. The van der Waals surface area contributed by atoms with E-state index >= 15 is 0 Å².